The standard InChI is InChI=1S/C56H39N/c1-3-16-40(17-4-1)41-30-34-47(35-31-41)57(48-36-32-44(33-37-48)50-28-15-23-43-20-9-10-24-49(43)50)56-29-14-13-27-53(56)55-39-46-22-8-7-21-45(46)38-54(55)52-26-12-11-25-51(52)42-18-5-2-6-19-42/h1-39H. The van der Waals surface area contributed by atoms with Crippen LogP contribution >= 0.6 is 0 Å². The Balaban J connectivity index is 1.17. The van der Waals surface area contributed by atoms with Crippen molar-refractivity contribution in [1.29, 1.82) is 0 Å². The summed E-state index contributed by atoms with van der Waals surface area (Å²) >= 11 is 0. The highest BCUT2D eigenvalue weighted by Gasteiger charge is 2.21. The smallest absolute Gasteiger partial charge is 0.0540 e. The second-order valence-electron chi connectivity index (χ2n) is 14.5. The summed E-state index contributed by atoms with van der Waals surface area (Å²) in [5.74, 6) is 0. The Morgan fingerprint density at radius 3 is 1.32 bits per heavy atom. The second-order valence-corrected chi connectivity index (χ2v) is 14.5. The molecule has 0 aromatic heterocycles. The van der Waals surface area contributed by atoms with Gasteiger partial charge >= 0.3 is 0 Å². The molecule has 0 N–H and O–H groups in total. The van der Waals surface area contributed by atoms with Crippen LogP contribution in [0.15, 0.2) is 237 Å². The summed E-state index contributed by atoms with van der Waals surface area (Å²) < 4.78 is 0. The molecule has 10 rings (SSSR count). The van der Waals surface area contributed by atoms with Gasteiger partial charge in [0.1, 0.15) is 0 Å². The predicted molar refractivity (Wildman–Crippen MR) is 243 cm³/mol. The van der Waals surface area contributed by atoms with Crippen molar-refractivity contribution in [3.8, 4) is 55.6 Å². The monoisotopic (exact) mass is 725 g/mol. The summed E-state index contributed by atoms with van der Waals surface area (Å²) in [5, 5.41) is 4.93. The van der Waals surface area contributed by atoms with Crippen molar-refractivity contribution in [2.24, 2.45) is 0 Å². The topological polar surface area (TPSA) is 3.24 Å². The van der Waals surface area contributed by atoms with Crippen molar-refractivity contribution in [1.82, 2.24) is 0 Å². The Bertz CT molecular complexity index is 2980. The van der Waals surface area contributed by atoms with E-state index in [1.54, 1.807) is 0 Å². The second kappa shape index (κ2) is 15.0. The number of fused-ring (bicyclic) bond motifs is 2. The van der Waals surface area contributed by atoms with E-state index in [9.17, 15) is 0 Å². The van der Waals surface area contributed by atoms with Crippen molar-refractivity contribution in [3.05, 3.63) is 237 Å². The van der Waals surface area contributed by atoms with Crippen molar-refractivity contribution < 1.29 is 0 Å². The quantitative estimate of drug-likeness (QED) is 0.151. The molecular weight excluding hydrogens is 687 g/mol. The third kappa shape index (κ3) is 6.56. The van der Waals surface area contributed by atoms with Gasteiger partial charge in [0, 0.05) is 16.9 Å². The number of rotatable bonds is 8. The van der Waals surface area contributed by atoms with E-state index in [4.69, 9.17) is 0 Å². The van der Waals surface area contributed by atoms with Gasteiger partial charge in [0.15, 0.2) is 0 Å². The zero-order chi connectivity index (χ0) is 38.0. The number of hydrogen-bond acceptors (Lipinski definition) is 1. The van der Waals surface area contributed by atoms with E-state index in [2.05, 4.69) is 241 Å². The maximum Gasteiger partial charge on any atom is 0.0540 e. The molecule has 10 aromatic rings. The molecule has 0 fully saturated rings. The van der Waals surface area contributed by atoms with Crippen molar-refractivity contribution >= 4 is 38.6 Å². The lowest BCUT2D eigenvalue weighted by atomic mass is 9.87. The molecule has 0 spiro atoms. The largest absolute Gasteiger partial charge is 0.310 e. The first-order chi connectivity index (χ1) is 28.3. The molecule has 0 amide bonds. The van der Waals surface area contributed by atoms with Gasteiger partial charge in [-0.1, -0.05) is 194 Å². The van der Waals surface area contributed by atoms with Crippen LogP contribution in [0.5, 0.6) is 0 Å². The molecule has 0 bridgehead atoms. The molecule has 0 radical (unpaired) electrons. The maximum absolute atomic E-state index is 2.42. The normalized spacial score (nSPS) is 11.2. The van der Waals surface area contributed by atoms with E-state index >= 15 is 0 Å². The van der Waals surface area contributed by atoms with Crippen LogP contribution in [-0.2, 0) is 0 Å². The van der Waals surface area contributed by atoms with Crippen LogP contribution in [0.2, 0.25) is 0 Å². The first-order valence-electron chi connectivity index (χ1n) is 19.6. The summed E-state index contributed by atoms with van der Waals surface area (Å²) in [6.07, 6.45) is 0. The van der Waals surface area contributed by atoms with Crippen LogP contribution < -0.4 is 4.90 Å². The van der Waals surface area contributed by atoms with Crippen molar-refractivity contribution in [2.75, 3.05) is 4.90 Å². The molecule has 0 atom stereocenters. The summed E-state index contributed by atoms with van der Waals surface area (Å²) in [6.45, 7) is 0. The average Bonchev–Trinajstić information content (AvgIpc) is 3.30. The molecule has 0 saturated carbocycles. The van der Waals surface area contributed by atoms with E-state index in [0.717, 1.165) is 22.6 Å². The lowest BCUT2D eigenvalue weighted by Gasteiger charge is -2.29. The van der Waals surface area contributed by atoms with E-state index in [0.29, 0.717) is 0 Å². The number of hydrogen-bond donors (Lipinski definition) is 0. The van der Waals surface area contributed by atoms with Gasteiger partial charge in [-0.3, -0.25) is 0 Å². The molecule has 0 aliphatic carbocycles. The Labute approximate surface area is 334 Å². The molecule has 268 valence electrons. The molecule has 0 heterocycles. The van der Waals surface area contributed by atoms with Crippen LogP contribution in [-0.4, -0.2) is 0 Å². The van der Waals surface area contributed by atoms with Gasteiger partial charge in [0.2, 0.25) is 0 Å². The minimum atomic E-state index is 1.09. The van der Waals surface area contributed by atoms with Gasteiger partial charge in [-0.05, 0) is 114 Å². The molecule has 0 aliphatic rings. The number of anilines is 3. The molecule has 0 aliphatic heterocycles. The third-order valence-electron chi connectivity index (χ3n) is 11.1. The number of para-hydroxylation sites is 1. The Hall–Kier alpha value is -7.48. The van der Waals surface area contributed by atoms with Crippen LogP contribution in [0.25, 0.3) is 77.2 Å². The van der Waals surface area contributed by atoms with Gasteiger partial charge in [0.05, 0.1) is 5.69 Å². The molecule has 1 heteroatoms. The highest BCUT2D eigenvalue weighted by molar-refractivity contribution is 6.03. The Morgan fingerprint density at radius 2 is 0.649 bits per heavy atom. The van der Waals surface area contributed by atoms with Crippen LogP contribution in [0.1, 0.15) is 0 Å². The lowest BCUT2D eigenvalue weighted by Crippen LogP contribution is -2.11. The molecule has 1 nitrogen and oxygen atoms in total. The van der Waals surface area contributed by atoms with Gasteiger partial charge < -0.3 is 4.90 Å². The highest BCUT2D eigenvalue weighted by Crippen LogP contribution is 2.47. The van der Waals surface area contributed by atoms with Crippen molar-refractivity contribution in [2.45, 2.75) is 0 Å². The van der Waals surface area contributed by atoms with Gasteiger partial charge in [-0.25, -0.2) is 0 Å². The Kier molecular flexibility index (Phi) is 8.95. The molecule has 10 aromatic carbocycles. The molecular formula is C56H39N. The molecule has 0 saturated heterocycles. The van der Waals surface area contributed by atoms with Crippen molar-refractivity contribution in [3.63, 3.8) is 0 Å². The van der Waals surface area contributed by atoms with Gasteiger partial charge in [-0.2, -0.15) is 0 Å². The number of benzene rings is 10. The van der Waals surface area contributed by atoms with E-state index in [1.165, 1.54) is 71.6 Å². The van der Waals surface area contributed by atoms with Crippen LogP contribution in [0.3, 0.4) is 0 Å². The summed E-state index contributed by atoms with van der Waals surface area (Å²) in [4.78, 5) is 2.42. The molecule has 0 unspecified atom stereocenters. The number of nitrogens with zero attached hydrogens (tertiary/aromatic N) is 1. The van der Waals surface area contributed by atoms with Crippen LogP contribution in [0, 0.1) is 0 Å². The Morgan fingerprint density at radius 1 is 0.228 bits per heavy atom. The fourth-order valence-corrected chi connectivity index (χ4v) is 8.30. The maximum atomic E-state index is 2.42. The highest BCUT2D eigenvalue weighted by atomic mass is 15.1. The fraction of sp³-hybridized carbons (Fsp3) is 0. The zero-order valence-electron chi connectivity index (χ0n) is 31.5. The minimum Gasteiger partial charge on any atom is -0.310 e. The summed E-state index contributed by atoms with van der Waals surface area (Å²) in [7, 11) is 0. The van der Waals surface area contributed by atoms with Gasteiger partial charge in [0.25, 0.3) is 0 Å². The summed E-state index contributed by atoms with van der Waals surface area (Å²) in [5.41, 5.74) is 15.3. The van der Waals surface area contributed by atoms with E-state index < -0.39 is 0 Å². The summed E-state index contributed by atoms with van der Waals surface area (Å²) in [6, 6.07) is 85.7. The minimum absolute atomic E-state index is 1.09. The first-order valence-corrected chi connectivity index (χ1v) is 19.6. The lowest BCUT2D eigenvalue weighted by molar-refractivity contribution is 1.28. The third-order valence-corrected chi connectivity index (χ3v) is 11.1. The molecule has 57 heavy (non-hydrogen) atoms. The zero-order valence-corrected chi connectivity index (χ0v) is 31.5. The average molecular weight is 726 g/mol. The predicted octanol–water partition coefficient (Wildman–Crippen LogP) is 15.8. The SMILES string of the molecule is c1ccc(-c2ccc(N(c3ccc(-c4cccc5ccccc45)cc3)c3ccccc3-c3cc4ccccc4cc3-c3ccccc3-c3ccccc3)cc2)cc1. The van der Waals surface area contributed by atoms with Gasteiger partial charge in [-0.15, -0.1) is 0 Å². The van der Waals surface area contributed by atoms with E-state index in [-0.39, 0.29) is 0 Å². The van der Waals surface area contributed by atoms with Crippen LogP contribution in [0.4, 0.5) is 17.1 Å². The first kappa shape index (κ1) is 34.0. The fourth-order valence-electron chi connectivity index (χ4n) is 8.30. The van der Waals surface area contributed by atoms with E-state index in [1.807, 2.05) is 0 Å².